The van der Waals surface area contributed by atoms with E-state index in [1.54, 1.807) is 11.3 Å². The number of hydrogen-bond donors (Lipinski definition) is 1. The van der Waals surface area contributed by atoms with Crippen LogP contribution in [0, 0.1) is 25.7 Å². The van der Waals surface area contributed by atoms with E-state index in [0.717, 1.165) is 30.6 Å². The molecule has 0 saturated carbocycles. The Kier molecular flexibility index (Phi) is 5.77. The van der Waals surface area contributed by atoms with Crippen molar-refractivity contribution in [2.75, 3.05) is 18.4 Å². The molecule has 1 atom stereocenters. The van der Waals surface area contributed by atoms with Crippen LogP contribution >= 0.6 is 22.7 Å². The first-order chi connectivity index (χ1) is 12.3. The SMILES string of the molecule is Cc1cc(-c2csc(NC(=O)C3CCCN(C(=O)C(C)C)C3)n2)c(C)s1. The normalized spacial score (nSPS) is 17.6. The molecule has 5 nitrogen and oxygen atoms in total. The molecule has 1 fully saturated rings. The Labute approximate surface area is 162 Å². The van der Waals surface area contributed by atoms with Crippen molar-refractivity contribution >= 4 is 39.6 Å². The van der Waals surface area contributed by atoms with Crippen molar-refractivity contribution < 1.29 is 9.59 Å². The van der Waals surface area contributed by atoms with Gasteiger partial charge in [-0.3, -0.25) is 9.59 Å². The molecule has 2 amide bonds. The molecule has 1 aliphatic rings. The molecule has 140 valence electrons. The Morgan fingerprint density at radius 2 is 2.12 bits per heavy atom. The van der Waals surface area contributed by atoms with Crippen molar-refractivity contribution in [3.8, 4) is 11.3 Å². The topological polar surface area (TPSA) is 62.3 Å². The van der Waals surface area contributed by atoms with Crippen LogP contribution in [0.5, 0.6) is 0 Å². The smallest absolute Gasteiger partial charge is 0.231 e. The van der Waals surface area contributed by atoms with E-state index in [1.165, 1.54) is 21.1 Å². The Hall–Kier alpha value is -1.73. The third kappa shape index (κ3) is 4.15. The Morgan fingerprint density at radius 3 is 2.77 bits per heavy atom. The van der Waals surface area contributed by atoms with Gasteiger partial charge in [-0.15, -0.1) is 22.7 Å². The lowest BCUT2D eigenvalue weighted by molar-refractivity contribution is -0.137. The molecule has 1 unspecified atom stereocenters. The van der Waals surface area contributed by atoms with E-state index < -0.39 is 0 Å². The molecule has 7 heteroatoms. The number of carbonyl (C=O) groups excluding carboxylic acids is 2. The highest BCUT2D eigenvalue weighted by atomic mass is 32.1. The van der Waals surface area contributed by atoms with Crippen LogP contribution in [0.2, 0.25) is 0 Å². The van der Waals surface area contributed by atoms with Crippen molar-refractivity contribution in [2.45, 2.75) is 40.5 Å². The highest BCUT2D eigenvalue weighted by Crippen LogP contribution is 2.32. The summed E-state index contributed by atoms with van der Waals surface area (Å²) in [5.41, 5.74) is 2.04. The standard InChI is InChI=1S/C19H25N3O2S2/c1-11(2)18(24)22-7-5-6-14(9-22)17(23)21-19-20-16(10-25-19)15-8-12(3)26-13(15)4/h8,10-11,14H,5-7,9H2,1-4H3,(H,20,21,23). The molecule has 1 saturated heterocycles. The molecule has 0 aromatic carbocycles. The van der Waals surface area contributed by atoms with Crippen molar-refractivity contribution in [3.05, 3.63) is 21.2 Å². The van der Waals surface area contributed by atoms with Crippen molar-refractivity contribution in [3.63, 3.8) is 0 Å². The monoisotopic (exact) mass is 391 g/mol. The van der Waals surface area contributed by atoms with Crippen LogP contribution in [0.3, 0.4) is 0 Å². The van der Waals surface area contributed by atoms with Gasteiger partial charge in [0.2, 0.25) is 11.8 Å². The van der Waals surface area contributed by atoms with Crippen molar-refractivity contribution in [2.24, 2.45) is 11.8 Å². The molecule has 0 spiro atoms. The van der Waals surface area contributed by atoms with Crippen molar-refractivity contribution in [1.82, 2.24) is 9.88 Å². The van der Waals surface area contributed by atoms with Crippen LogP contribution in [0.1, 0.15) is 36.4 Å². The second-order valence-electron chi connectivity index (χ2n) is 7.13. The summed E-state index contributed by atoms with van der Waals surface area (Å²) in [4.78, 5) is 33.7. The molecule has 2 aromatic heterocycles. The van der Waals surface area contributed by atoms with Crippen LogP contribution in [-0.2, 0) is 9.59 Å². The molecule has 0 radical (unpaired) electrons. The second-order valence-corrected chi connectivity index (χ2v) is 9.45. The maximum atomic E-state index is 12.6. The predicted molar refractivity (Wildman–Crippen MR) is 108 cm³/mol. The average Bonchev–Trinajstić information content (AvgIpc) is 3.19. The zero-order valence-corrected chi connectivity index (χ0v) is 17.3. The minimum absolute atomic E-state index is 0.0318. The molecule has 0 bridgehead atoms. The molecule has 0 aliphatic carbocycles. The van der Waals surface area contributed by atoms with Crippen LogP contribution in [0.4, 0.5) is 5.13 Å². The summed E-state index contributed by atoms with van der Waals surface area (Å²) in [6.45, 7) is 9.23. The quantitative estimate of drug-likeness (QED) is 0.844. The zero-order valence-electron chi connectivity index (χ0n) is 15.7. The van der Waals surface area contributed by atoms with Gasteiger partial charge in [0.15, 0.2) is 5.13 Å². The third-order valence-corrected chi connectivity index (χ3v) is 6.37. The van der Waals surface area contributed by atoms with Crippen LogP contribution in [-0.4, -0.2) is 34.8 Å². The summed E-state index contributed by atoms with van der Waals surface area (Å²) in [5.74, 6) is -0.104. The third-order valence-electron chi connectivity index (χ3n) is 4.65. The van der Waals surface area contributed by atoms with Crippen LogP contribution in [0.25, 0.3) is 11.3 Å². The number of aryl methyl sites for hydroxylation is 2. The van der Waals surface area contributed by atoms with Gasteiger partial charge in [-0.2, -0.15) is 0 Å². The number of aromatic nitrogens is 1. The Balaban J connectivity index is 1.65. The van der Waals surface area contributed by atoms with Gasteiger partial charge < -0.3 is 10.2 Å². The van der Waals surface area contributed by atoms with Crippen molar-refractivity contribution in [1.29, 1.82) is 0 Å². The summed E-state index contributed by atoms with van der Waals surface area (Å²) < 4.78 is 0. The lowest BCUT2D eigenvalue weighted by Gasteiger charge is -2.33. The van der Waals surface area contributed by atoms with E-state index in [4.69, 9.17) is 0 Å². The fraction of sp³-hybridized carbons (Fsp3) is 0.526. The number of rotatable bonds is 4. The number of piperidine rings is 1. The molecular weight excluding hydrogens is 366 g/mol. The first-order valence-electron chi connectivity index (χ1n) is 8.97. The highest BCUT2D eigenvalue weighted by molar-refractivity contribution is 7.14. The number of hydrogen-bond acceptors (Lipinski definition) is 5. The van der Waals surface area contributed by atoms with Gasteiger partial charge in [0.1, 0.15) is 0 Å². The summed E-state index contributed by atoms with van der Waals surface area (Å²) in [7, 11) is 0. The first-order valence-corrected chi connectivity index (χ1v) is 10.7. The summed E-state index contributed by atoms with van der Waals surface area (Å²) in [6, 6.07) is 2.14. The number of nitrogens with one attached hydrogen (secondary N) is 1. The van der Waals surface area contributed by atoms with E-state index in [-0.39, 0.29) is 23.7 Å². The number of likely N-dealkylation sites (tertiary alicyclic amines) is 1. The minimum Gasteiger partial charge on any atom is -0.342 e. The highest BCUT2D eigenvalue weighted by Gasteiger charge is 2.29. The molecule has 3 heterocycles. The number of anilines is 1. The molecule has 2 aromatic rings. The van der Waals surface area contributed by atoms with Crippen LogP contribution in [0.15, 0.2) is 11.4 Å². The number of thiophene rings is 1. The fourth-order valence-corrected chi connectivity index (χ4v) is 4.95. The van der Waals surface area contributed by atoms with Gasteiger partial charge in [-0.25, -0.2) is 4.98 Å². The van der Waals surface area contributed by atoms with Gasteiger partial charge in [-0.05, 0) is 32.8 Å². The number of amides is 2. The van der Waals surface area contributed by atoms with Gasteiger partial charge >= 0.3 is 0 Å². The predicted octanol–water partition coefficient (Wildman–Crippen LogP) is 4.32. The number of carbonyl (C=O) groups is 2. The second kappa shape index (κ2) is 7.88. The first kappa shape index (κ1) is 19.0. The van der Waals surface area contributed by atoms with Crippen LogP contribution < -0.4 is 5.32 Å². The molecule has 3 rings (SSSR count). The van der Waals surface area contributed by atoms with E-state index in [9.17, 15) is 9.59 Å². The van der Waals surface area contributed by atoms with E-state index in [2.05, 4.69) is 30.2 Å². The fourth-order valence-electron chi connectivity index (χ4n) is 3.30. The van der Waals surface area contributed by atoms with Gasteiger partial charge in [0.05, 0.1) is 11.6 Å². The lowest BCUT2D eigenvalue weighted by atomic mass is 9.96. The Morgan fingerprint density at radius 1 is 1.35 bits per heavy atom. The molecule has 1 aliphatic heterocycles. The zero-order chi connectivity index (χ0) is 18.8. The van der Waals surface area contributed by atoms with E-state index in [1.807, 2.05) is 24.1 Å². The van der Waals surface area contributed by atoms with Gasteiger partial charge in [0.25, 0.3) is 0 Å². The Bertz CT molecular complexity index is 810. The summed E-state index contributed by atoms with van der Waals surface area (Å²) >= 11 is 3.20. The molecule has 1 N–H and O–H groups in total. The number of nitrogens with zero attached hydrogens (tertiary/aromatic N) is 2. The number of thiazole rings is 1. The maximum Gasteiger partial charge on any atom is 0.231 e. The van der Waals surface area contributed by atoms with E-state index in [0.29, 0.717) is 11.7 Å². The summed E-state index contributed by atoms with van der Waals surface area (Å²) in [5, 5.41) is 5.56. The minimum atomic E-state index is -0.163. The molecular formula is C19H25N3O2S2. The largest absolute Gasteiger partial charge is 0.342 e. The van der Waals surface area contributed by atoms with Gasteiger partial charge in [0, 0.05) is 39.7 Å². The van der Waals surface area contributed by atoms with Gasteiger partial charge in [-0.1, -0.05) is 13.8 Å². The van der Waals surface area contributed by atoms with E-state index >= 15 is 0 Å². The maximum absolute atomic E-state index is 12.6. The summed E-state index contributed by atoms with van der Waals surface area (Å²) in [6.07, 6.45) is 1.68. The average molecular weight is 392 g/mol. The lowest BCUT2D eigenvalue weighted by Crippen LogP contribution is -2.45. The molecule has 26 heavy (non-hydrogen) atoms.